The van der Waals surface area contributed by atoms with Crippen molar-refractivity contribution in [2.75, 3.05) is 12.4 Å². The summed E-state index contributed by atoms with van der Waals surface area (Å²) in [6.45, 7) is 0. The van der Waals surface area contributed by atoms with Crippen LogP contribution < -0.4 is 10.1 Å². The molecular formula is C16H13FN4O2. The summed E-state index contributed by atoms with van der Waals surface area (Å²) < 4.78 is 18.1. The molecule has 0 spiro atoms. The van der Waals surface area contributed by atoms with Crippen LogP contribution in [0.15, 0.2) is 48.5 Å². The van der Waals surface area contributed by atoms with E-state index in [1.165, 1.54) is 19.2 Å². The van der Waals surface area contributed by atoms with Gasteiger partial charge in [-0.15, -0.1) is 5.10 Å². The van der Waals surface area contributed by atoms with Crippen LogP contribution in [0.5, 0.6) is 5.75 Å². The molecular weight excluding hydrogens is 299 g/mol. The van der Waals surface area contributed by atoms with E-state index >= 15 is 0 Å². The maximum Gasteiger partial charge on any atom is 0.261 e. The third kappa shape index (κ3) is 3.18. The van der Waals surface area contributed by atoms with Gasteiger partial charge in [0.1, 0.15) is 11.6 Å². The standard InChI is InChI=1S/C16H13FN4O2/c1-23-13-5-3-2-4-12(13)15(22)19-16-18-14(20-21-16)10-6-8-11(17)9-7-10/h2-9H,1H3,(H2,18,19,20,21,22). The molecule has 0 aliphatic rings. The minimum Gasteiger partial charge on any atom is -0.496 e. The van der Waals surface area contributed by atoms with E-state index in [0.29, 0.717) is 22.7 Å². The van der Waals surface area contributed by atoms with Gasteiger partial charge in [-0.2, -0.15) is 4.98 Å². The van der Waals surface area contributed by atoms with Crippen molar-refractivity contribution in [3.63, 3.8) is 0 Å². The van der Waals surface area contributed by atoms with Crippen molar-refractivity contribution in [2.45, 2.75) is 0 Å². The molecule has 23 heavy (non-hydrogen) atoms. The minimum absolute atomic E-state index is 0.125. The third-order valence-corrected chi connectivity index (χ3v) is 3.18. The molecule has 0 aliphatic carbocycles. The number of methoxy groups -OCH3 is 1. The van der Waals surface area contributed by atoms with Crippen LogP contribution in [0.25, 0.3) is 11.4 Å². The van der Waals surface area contributed by atoms with E-state index in [-0.39, 0.29) is 17.7 Å². The molecule has 1 heterocycles. The monoisotopic (exact) mass is 312 g/mol. The highest BCUT2D eigenvalue weighted by Crippen LogP contribution is 2.19. The molecule has 0 aliphatic heterocycles. The average molecular weight is 312 g/mol. The Labute approximate surface area is 131 Å². The first-order chi connectivity index (χ1) is 11.2. The molecule has 1 amide bonds. The fourth-order valence-corrected chi connectivity index (χ4v) is 2.06. The van der Waals surface area contributed by atoms with Crippen LogP contribution in [0.3, 0.4) is 0 Å². The lowest BCUT2D eigenvalue weighted by Gasteiger charge is -2.06. The van der Waals surface area contributed by atoms with Gasteiger partial charge >= 0.3 is 0 Å². The van der Waals surface area contributed by atoms with Crippen LogP contribution in [0.2, 0.25) is 0 Å². The molecule has 3 aromatic rings. The number of benzene rings is 2. The summed E-state index contributed by atoms with van der Waals surface area (Å²) in [6, 6.07) is 12.6. The average Bonchev–Trinajstić information content (AvgIpc) is 3.04. The molecule has 0 fully saturated rings. The van der Waals surface area contributed by atoms with Crippen molar-refractivity contribution in [1.82, 2.24) is 15.2 Å². The van der Waals surface area contributed by atoms with E-state index in [1.54, 1.807) is 36.4 Å². The Morgan fingerprint density at radius 2 is 1.91 bits per heavy atom. The zero-order valence-corrected chi connectivity index (χ0v) is 12.2. The van der Waals surface area contributed by atoms with Gasteiger partial charge < -0.3 is 4.74 Å². The smallest absolute Gasteiger partial charge is 0.261 e. The first-order valence-corrected chi connectivity index (χ1v) is 6.80. The quantitative estimate of drug-likeness (QED) is 0.776. The van der Waals surface area contributed by atoms with Crippen molar-refractivity contribution in [3.8, 4) is 17.1 Å². The molecule has 3 rings (SSSR count). The highest BCUT2D eigenvalue weighted by atomic mass is 19.1. The summed E-state index contributed by atoms with van der Waals surface area (Å²) in [4.78, 5) is 16.4. The molecule has 0 unspecified atom stereocenters. The van der Waals surface area contributed by atoms with Crippen molar-refractivity contribution >= 4 is 11.9 Å². The number of aromatic nitrogens is 3. The number of aromatic amines is 1. The Bertz CT molecular complexity index is 830. The molecule has 7 heteroatoms. The first-order valence-electron chi connectivity index (χ1n) is 6.80. The number of amides is 1. The second kappa shape index (κ2) is 6.27. The van der Waals surface area contributed by atoms with Crippen molar-refractivity contribution < 1.29 is 13.9 Å². The Kier molecular flexibility index (Phi) is 4.01. The van der Waals surface area contributed by atoms with Crippen LogP contribution in [-0.4, -0.2) is 28.2 Å². The second-order valence-corrected chi connectivity index (χ2v) is 4.67. The van der Waals surface area contributed by atoms with Crippen molar-refractivity contribution in [2.24, 2.45) is 0 Å². The lowest BCUT2D eigenvalue weighted by atomic mass is 10.2. The molecule has 1 aromatic heterocycles. The summed E-state index contributed by atoms with van der Waals surface area (Å²) in [6.07, 6.45) is 0. The number of nitrogens with one attached hydrogen (secondary N) is 2. The SMILES string of the molecule is COc1ccccc1C(=O)Nc1n[nH]c(-c2ccc(F)cc2)n1. The van der Waals surface area contributed by atoms with E-state index in [9.17, 15) is 9.18 Å². The summed E-state index contributed by atoms with van der Waals surface area (Å²) in [5.41, 5.74) is 1.04. The highest BCUT2D eigenvalue weighted by molar-refractivity contribution is 6.05. The van der Waals surface area contributed by atoms with Gasteiger partial charge in [-0.1, -0.05) is 12.1 Å². The van der Waals surface area contributed by atoms with Crippen molar-refractivity contribution in [1.29, 1.82) is 0 Å². The maximum atomic E-state index is 12.9. The molecule has 0 saturated carbocycles. The predicted molar refractivity (Wildman–Crippen MR) is 82.7 cm³/mol. The number of carbonyl (C=O) groups excluding carboxylic acids is 1. The number of hydrogen-bond acceptors (Lipinski definition) is 4. The van der Waals surface area contributed by atoms with Gasteiger partial charge in [0.2, 0.25) is 5.95 Å². The van der Waals surface area contributed by atoms with Crippen LogP contribution in [-0.2, 0) is 0 Å². The summed E-state index contributed by atoms with van der Waals surface area (Å²) in [5, 5.41) is 9.22. The van der Waals surface area contributed by atoms with Crippen LogP contribution in [0.1, 0.15) is 10.4 Å². The zero-order chi connectivity index (χ0) is 16.2. The van der Waals surface area contributed by atoms with Gasteiger partial charge in [-0.05, 0) is 36.4 Å². The molecule has 0 radical (unpaired) electrons. The number of nitrogens with zero attached hydrogens (tertiary/aromatic N) is 2. The van der Waals surface area contributed by atoms with E-state index in [2.05, 4.69) is 20.5 Å². The van der Waals surface area contributed by atoms with E-state index in [0.717, 1.165) is 0 Å². The van der Waals surface area contributed by atoms with Crippen LogP contribution >= 0.6 is 0 Å². The Morgan fingerprint density at radius 1 is 1.17 bits per heavy atom. The molecule has 2 N–H and O–H groups in total. The van der Waals surface area contributed by atoms with E-state index < -0.39 is 0 Å². The fourth-order valence-electron chi connectivity index (χ4n) is 2.06. The number of carbonyl (C=O) groups is 1. The number of anilines is 1. The largest absolute Gasteiger partial charge is 0.496 e. The topological polar surface area (TPSA) is 79.9 Å². The van der Waals surface area contributed by atoms with Gasteiger partial charge in [0.05, 0.1) is 12.7 Å². The number of halogens is 1. The van der Waals surface area contributed by atoms with Gasteiger partial charge in [0.25, 0.3) is 5.91 Å². The fraction of sp³-hybridized carbons (Fsp3) is 0.0625. The molecule has 0 atom stereocenters. The van der Waals surface area contributed by atoms with Gasteiger partial charge in [0.15, 0.2) is 5.82 Å². The lowest BCUT2D eigenvalue weighted by Crippen LogP contribution is -2.14. The number of hydrogen-bond donors (Lipinski definition) is 2. The maximum absolute atomic E-state index is 12.9. The Balaban J connectivity index is 1.79. The Hall–Kier alpha value is -3.22. The minimum atomic E-state index is -0.382. The molecule has 0 saturated heterocycles. The second-order valence-electron chi connectivity index (χ2n) is 4.67. The van der Waals surface area contributed by atoms with Gasteiger partial charge in [-0.3, -0.25) is 15.2 Å². The van der Waals surface area contributed by atoms with Crippen LogP contribution in [0.4, 0.5) is 10.3 Å². The van der Waals surface area contributed by atoms with E-state index in [4.69, 9.17) is 4.74 Å². The number of para-hydroxylation sites is 1. The number of H-pyrrole nitrogens is 1. The predicted octanol–water partition coefficient (Wildman–Crippen LogP) is 2.87. The Morgan fingerprint density at radius 3 is 2.65 bits per heavy atom. The summed E-state index contributed by atoms with van der Waals surface area (Å²) in [7, 11) is 1.49. The van der Waals surface area contributed by atoms with Crippen LogP contribution in [0, 0.1) is 5.82 Å². The molecule has 116 valence electrons. The van der Waals surface area contributed by atoms with E-state index in [1.807, 2.05) is 0 Å². The normalized spacial score (nSPS) is 10.3. The lowest BCUT2D eigenvalue weighted by molar-refractivity contribution is 0.102. The zero-order valence-electron chi connectivity index (χ0n) is 12.2. The molecule has 6 nitrogen and oxygen atoms in total. The summed E-state index contributed by atoms with van der Waals surface area (Å²) >= 11 is 0. The first kappa shape index (κ1) is 14.7. The number of rotatable bonds is 4. The highest BCUT2D eigenvalue weighted by Gasteiger charge is 2.14. The number of ether oxygens (including phenoxy) is 1. The molecule has 0 bridgehead atoms. The third-order valence-electron chi connectivity index (χ3n) is 3.18. The van der Waals surface area contributed by atoms with Gasteiger partial charge in [0, 0.05) is 5.56 Å². The van der Waals surface area contributed by atoms with Crippen molar-refractivity contribution in [3.05, 3.63) is 59.9 Å². The summed E-state index contributed by atoms with van der Waals surface area (Å²) in [5.74, 6) is 0.296. The van der Waals surface area contributed by atoms with Gasteiger partial charge in [-0.25, -0.2) is 4.39 Å². The molecule has 2 aromatic carbocycles.